The maximum atomic E-state index is 10.1. The van der Waals surface area contributed by atoms with E-state index < -0.39 is 15.0 Å². The number of aliphatic hydroxyl groups is 1. The van der Waals surface area contributed by atoms with Crippen LogP contribution in [0.3, 0.4) is 0 Å². The molecule has 0 amide bonds. The molecular formula is C13H22O3Si. The molecule has 96 valence electrons. The van der Waals surface area contributed by atoms with Gasteiger partial charge in [0.15, 0.2) is 0 Å². The molecule has 0 aliphatic carbocycles. The third kappa shape index (κ3) is 5.00. The second-order valence-corrected chi connectivity index (χ2v) is 6.21. The highest BCUT2D eigenvalue weighted by Gasteiger charge is 2.24. The fourth-order valence-electron chi connectivity index (χ4n) is 1.65. The zero-order valence-corrected chi connectivity index (χ0v) is 11.8. The molecule has 1 N–H and O–H groups in total. The highest BCUT2D eigenvalue weighted by molar-refractivity contribution is 6.45. The summed E-state index contributed by atoms with van der Waals surface area (Å²) in [6, 6.07) is 9.56. The molecule has 1 aromatic rings. The van der Waals surface area contributed by atoms with Crippen LogP contribution in [0.4, 0.5) is 0 Å². The van der Waals surface area contributed by atoms with Crippen LogP contribution in [0, 0.1) is 0 Å². The number of rotatable bonds is 8. The molecule has 0 fully saturated rings. The molecule has 1 aromatic carbocycles. The molecule has 0 aliphatic heterocycles. The minimum atomic E-state index is -2.02. The molecule has 0 spiro atoms. The SMILES string of the molecule is CCCCCO[SiH](OC)C(O)c1ccccc1. The van der Waals surface area contributed by atoms with Crippen LogP contribution in [0.2, 0.25) is 0 Å². The Bertz CT molecular complexity index is 292. The summed E-state index contributed by atoms with van der Waals surface area (Å²) in [6.07, 6.45) is 3.36. The van der Waals surface area contributed by atoms with Gasteiger partial charge in [0.2, 0.25) is 0 Å². The molecule has 3 nitrogen and oxygen atoms in total. The van der Waals surface area contributed by atoms with E-state index in [0.29, 0.717) is 6.61 Å². The summed E-state index contributed by atoms with van der Waals surface area (Å²) in [5.41, 5.74) is 0.282. The lowest BCUT2D eigenvalue weighted by atomic mass is 10.2. The monoisotopic (exact) mass is 254 g/mol. The average Bonchev–Trinajstić information content (AvgIpc) is 2.39. The maximum Gasteiger partial charge on any atom is 0.355 e. The van der Waals surface area contributed by atoms with Crippen molar-refractivity contribution in [1.82, 2.24) is 0 Å². The van der Waals surface area contributed by atoms with Gasteiger partial charge < -0.3 is 14.0 Å². The molecule has 0 heterocycles. The van der Waals surface area contributed by atoms with E-state index >= 15 is 0 Å². The van der Waals surface area contributed by atoms with Gasteiger partial charge in [0.25, 0.3) is 0 Å². The van der Waals surface area contributed by atoms with Crippen molar-refractivity contribution in [2.24, 2.45) is 0 Å². The fourth-order valence-corrected chi connectivity index (χ4v) is 3.16. The van der Waals surface area contributed by atoms with Gasteiger partial charge in [0.1, 0.15) is 5.73 Å². The Kier molecular flexibility index (Phi) is 7.12. The molecule has 17 heavy (non-hydrogen) atoms. The Labute approximate surface area is 105 Å². The normalized spacial score (nSPS) is 14.5. The van der Waals surface area contributed by atoms with E-state index in [-0.39, 0.29) is 0 Å². The van der Waals surface area contributed by atoms with Gasteiger partial charge in [-0.25, -0.2) is 0 Å². The minimum absolute atomic E-state index is 0.595. The first-order chi connectivity index (χ1) is 8.29. The van der Waals surface area contributed by atoms with Crippen molar-refractivity contribution in [3.8, 4) is 0 Å². The first-order valence-corrected chi connectivity index (χ1v) is 7.78. The number of hydrogen-bond acceptors (Lipinski definition) is 3. The van der Waals surface area contributed by atoms with Crippen molar-refractivity contribution in [3.63, 3.8) is 0 Å². The van der Waals surface area contributed by atoms with Crippen LogP contribution in [0.1, 0.15) is 37.5 Å². The summed E-state index contributed by atoms with van der Waals surface area (Å²) in [4.78, 5) is 0. The highest BCUT2D eigenvalue weighted by Crippen LogP contribution is 2.16. The van der Waals surface area contributed by atoms with Gasteiger partial charge in [-0.2, -0.15) is 0 Å². The van der Waals surface area contributed by atoms with Crippen LogP contribution in [0.25, 0.3) is 0 Å². The topological polar surface area (TPSA) is 38.7 Å². The third-order valence-electron chi connectivity index (χ3n) is 2.66. The van der Waals surface area contributed by atoms with Crippen LogP contribution < -0.4 is 0 Å². The third-order valence-corrected chi connectivity index (χ3v) is 4.59. The summed E-state index contributed by atoms with van der Waals surface area (Å²) in [7, 11) is -0.407. The first kappa shape index (κ1) is 14.4. The Morgan fingerprint density at radius 1 is 1.24 bits per heavy atom. The molecule has 0 aliphatic rings. The Morgan fingerprint density at radius 3 is 2.53 bits per heavy atom. The molecule has 4 heteroatoms. The number of aliphatic hydroxyl groups excluding tert-OH is 1. The second-order valence-electron chi connectivity index (χ2n) is 4.04. The number of benzene rings is 1. The first-order valence-electron chi connectivity index (χ1n) is 6.17. The molecule has 2 unspecified atom stereocenters. The van der Waals surface area contributed by atoms with E-state index in [4.69, 9.17) is 8.85 Å². The van der Waals surface area contributed by atoms with Gasteiger partial charge in [-0.3, -0.25) is 0 Å². The number of hydrogen-bond donors (Lipinski definition) is 1. The largest absolute Gasteiger partial charge is 0.398 e. The van der Waals surface area contributed by atoms with Crippen molar-refractivity contribution in [1.29, 1.82) is 0 Å². The summed E-state index contributed by atoms with van der Waals surface area (Å²) in [5, 5.41) is 10.1. The van der Waals surface area contributed by atoms with Crippen LogP contribution >= 0.6 is 0 Å². The maximum absolute atomic E-state index is 10.1. The van der Waals surface area contributed by atoms with Crippen molar-refractivity contribution in [3.05, 3.63) is 35.9 Å². The van der Waals surface area contributed by atoms with Crippen molar-refractivity contribution >= 4 is 9.28 Å². The van der Waals surface area contributed by atoms with Crippen molar-refractivity contribution < 1.29 is 14.0 Å². The predicted molar refractivity (Wildman–Crippen MR) is 71.0 cm³/mol. The lowest BCUT2D eigenvalue weighted by molar-refractivity contribution is 0.145. The van der Waals surface area contributed by atoms with Gasteiger partial charge in [-0.1, -0.05) is 50.1 Å². The lowest BCUT2D eigenvalue weighted by Gasteiger charge is -2.20. The van der Waals surface area contributed by atoms with Gasteiger partial charge >= 0.3 is 9.28 Å². The Hall–Kier alpha value is -0.683. The standard InChI is InChI=1S/C13H22O3Si/c1-3-4-8-11-16-17(15-2)13(14)12-9-6-5-7-10-12/h5-7,9-10,13-14,17H,3-4,8,11H2,1-2H3. The van der Waals surface area contributed by atoms with Crippen molar-refractivity contribution in [2.45, 2.75) is 31.9 Å². The van der Waals surface area contributed by atoms with Gasteiger partial charge in [0, 0.05) is 13.7 Å². The van der Waals surface area contributed by atoms with Crippen LogP contribution in [0.15, 0.2) is 30.3 Å². The van der Waals surface area contributed by atoms with Gasteiger partial charge in [-0.05, 0) is 12.0 Å². The lowest BCUT2D eigenvalue weighted by Crippen LogP contribution is -2.30. The summed E-state index contributed by atoms with van der Waals surface area (Å²) in [5.74, 6) is 0. The van der Waals surface area contributed by atoms with Gasteiger partial charge in [-0.15, -0.1) is 0 Å². The van der Waals surface area contributed by atoms with E-state index in [2.05, 4.69) is 6.92 Å². The van der Waals surface area contributed by atoms with E-state index in [1.54, 1.807) is 7.11 Å². The van der Waals surface area contributed by atoms with Crippen molar-refractivity contribution in [2.75, 3.05) is 13.7 Å². The molecule has 2 atom stereocenters. The summed E-state index contributed by atoms with van der Waals surface area (Å²) < 4.78 is 11.0. The zero-order chi connectivity index (χ0) is 12.5. The average molecular weight is 254 g/mol. The fraction of sp³-hybridized carbons (Fsp3) is 0.538. The quantitative estimate of drug-likeness (QED) is 0.571. The van der Waals surface area contributed by atoms with E-state index in [1.165, 1.54) is 6.42 Å². The Morgan fingerprint density at radius 2 is 1.94 bits per heavy atom. The molecule has 0 saturated carbocycles. The molecule has 0 bridgehead atoms. The zero-order valence-electron chi connectivity index (χ0n) is 10.6. The molecule has 0 radical (unpaired) electrons. The van der Waals surface area contributed by atoms with E-state index in [1.807, 2.05) is 30.3 Å². The smallest absolute Gasteiger partial charge is 0.355 e. The van der Waals surface area contributed by atoms with E-state index in [0.717, 1.165) is 18.4 Å². The van der Waals surface area contributed by atoms with Crippen LogP contribution in [-0.4, -0.2) is 28.1 Å². The summed E-state index contributed by atoms with van der Waals surface area (Å²) >= 11 is 0. The predicted octanol–water partition coefficient (Wildman–Crippen LogP) is 2.33. The van der Waals surface area contributed by atoms with Crippen LogP contribution in [-0.2, 0) is 8.85 Å². The van der Waals surface area contributed by atoms with Gasteiger partial charge in [0.05, 0.1) is 0 Å². The Balaban J connectivity index is 2.44. The molecule has 0 aromatic heterocycles. The summed E-state index contributed by atoms with van der Waals surface area (Å²) in [6.45, 7) is 2.84. The molecular weight excluding hydrogens is 232 g/mol. The molecule has 0 saturated heterocycles. The second kappa shape index (κ2) is 8.41. The highest BCUT2D eigenvalue weighted by atomic mass is 28.3. The minimum Gasteiger partial charge on any atom is -0.398 e. The molecule has 1 rings (SSSR count). The van der Waals surface area contributed by atoms with Crippen LogP contribution in [0.5, 0.6) is 0 Å². The van der Waals surface area contributed by atoms with E-state index in [9.17, 15) is 5.11 Å². The number of unbranched alkanes of at least 4 members (excludes halogenated alkanes) is 2.